The van der Waals surface area contributed by atoms with E-state index in [1.165, 1.54) is 51.4 Å². The van der Waals surface area contributed by atoms with Gasteiger partial charge in [0.2, 0.25) is 0 Å². The second-order valence-corrected chi connectivity index (χ2v) is 11.0. The van der Waals surface area contributed by atoms with Crippen molar-refractivity contribution in [1.29, 1.82) is 0 Å². The highest BCUT2D eigenvalue weighted by Gasteiger charge is 2.38. The summed E-state index contributed by atoms with van der Waals surface area (Å²) in [5, 5.41) is 0. The highest BCUT2D eigenvalue weighted by atomic mass is 16.5. The minimum atomic E-state index is -0.0771. The number of Topliss-reactive ketones (excluding diaryl/α,β-unsaturated/α-hetero) is 1. The van der Waals surface area contributed by atoms with Gasteiger partial charge in [0, 0.05) is 0 Å². The number of carbonyl (C=O) groups excluding carboxylic acids is 1. The molecule has 3 saturated carbocycles. The van der Waals surface area contributed by atoms with Crippen LogP contribution in [-0.4, -0.2) is 30.7 Å². The Bertz CT molecular complexity index is 516. The first-order valence-corrected chi connectivity index (χ1v) is 12.7. The van der Waals surface area contributed by atoms with Gasteiger partial charge in [0.05, 0.1) is 11.7 Å². The summed E-state index contributed by atoms with van der Waals surface area (Å²) in [6.07, 6.45) is 15.4. The fourth-order valence-corrected chi connectivity index (χ4v) is 6.45. The van der Waals surface area contributed by atoms with Crippen LogP contribution in [0.1, 0.15) is 105 Å². The van der Waals surface area contributed by atoms with Crippen LogP contribution in [0.4, 0.5) is 0 Å². The molecule has 2 bridgehead atoms. The molecule has 0 spiro atoms. The van der Waals surface area contributed by atoms with Gasteiger partial charge in [0.15, 0.2) is 5.78 Å². The molecule has 0 heterocycles. The second-order valence-electron chi connectivity index (χ2n) is 11.0. The molecule has 6 atom stereocenters. The average molecular weight is 407 g/mol. The van der Waals surface area contributed by atoms with E-state index in [9.17, 15) is 4.79 Å². The molecule has 0 aromatic rings. The van der Waals surface area contributed by atoms with Gasteiger partial charge < -0.3 is 9.47 Å². The maximum atomic E-state index is 12.7. The van der Waals surface area contributed by atoms with Crippen molar-refractivity contribution >= 4 is 5.78 Å². The molecule has 29 heavy (non-hydrogen) atoms. The summed E-state index contributed by atoms with van der Waals surface area (Å²) in [6.45, 7) is 9.61. The molecule has 168 valence electrons. The van der Waals surface area contributed by atoms with E-state index in [0.29, 0.717) is 17.8 Å². The molecule has 0 aromatic heterocycles. The van der Waals surface area contributed by atoms with Gasteiger partial charge in [-0.15, -0.1) is 0 Å². The monoisotopic (exact) mass is 406 g/mol. The summed E-state index contributed by atoms with van der Waals surface area (Å²) in [6, 6.07) is 0. The third kappa shape index (κ3) is 6.53. The first-order chi connectivity index (χ1) is 13.9. The van der Waals surface area contributed by atoms with Crippen LogP contribution in [0.5, 0.6) is 0 Å². The zero-order valence-corrected chi connectivity index (χ0v) is 19.6. The molecule has 3 heteroatoms. The fourth-order valence-electron chi connectivity index (χ4n) is 6.45. The molecule has 0 radical (unpaired) electrons. The molecule has 3 fully saturated rings. The molecule has 0 N–H and O–H groups in total. The molecular weight excluding hydrogens is 360 g/mol. The normalized spacial score (nSPS) is 38.4. The quantitative estimate of drug-likeness (QED) is 0.457. The molecule has 0 aromatic carbocycles. The van der Waals surface area contributed by atoms with Crippen LogP contribution in [-0.2, 0) is 14.3 Å². The predicted molar refractivity (Wildman–Crippen MR) is 119 cm³/mol. The fraction of sp³-hybridized carbons (Fsp3) is 0.962. The number of hydrogen-bond acceptors (Lipinski definition) is 3. The number of rotatable bonds is 8. The van der Waals surface area contributed by atoms with Crippen molar-refractivity contribution in [1.82, 2.24) is 0 Å². The Morgan fingerprint density at radius 2 is 1.76 bits per heavy atom. The number of hydrogen-bond donors (Lipinski definition) is 0. The minimum absolute atomic E-state index is 0.0771. The number of ether oxygens (including phenoxy) is 2. The van der Waals surface area contributed by atoms with Gasteiger partial charge in [-0.05, 0) is 74.5 Å². The summed E-state index contributed by atoms with van der Waals surface area (Å²) in [7, 11) is 0. The van der Waals surface area contributed by atoms with Crippen molar-refractivity contribution in [2.75, 3.05) is 13.2 Å². The molecule has 0 saturated heterocycles. The summed E-state index contributed by atoms with van der Waals surface area (Å²) >= 11 is 0. The Balaban J connectivity index is 1.49. The maximum absolute atomic E-state index is 12.7. The lowest BCUT2D eigenvalue weighted by Crippen LogP contribution is -2.38. The predicted octanol–water partition coefficient (Wildman–Crippen LogP) is 6.58. The highest BCUT2D eigenvalue weighted by Crippen LogP contribution is 2.43. The number of fused-ring (bicyclic) bond motifs is 2. The maximum Gasteiger partial charge on any atom is 0.184 e. The van der Waals surface area contributed by atoms with Crippen molar-refractivity contribution in [2.45, 2.75) is 116 Å². The van der Waals surface area contributed by atoms with Crippen molar-refractivity contribution in [2.24, 2.45) is 29.6 Å². The van der Waals surface area contributed by atoms with Crippen molar-refractivity contribution in [3.05, 3.63) is 0 Å². The molecule has 3 aliphatic carbocycles. The number of carbonyl (C=O) groups is 1. The lowest BCUT2D eigenvalue weighted by Gasteiger charge is -2.37. The van der Waals surface area contributed by atoms with Gasteiger partial charge in [-0.3, -0.25) is 4.79 Å². The van der Waals surface area contributed by atoms with Crippen LogP contribution in [0, 0.1) is 29.6 Å². The molecule has 3 unspecified atom stereocenters. The minimum Gasteiger partial charge on any atom is -0.370 e. The van der Waals surface area contributed by atoms with Crippen LogP contribution in [0.25, 0.3) is 0 Å². The summed E-state index contributed by atoms with van der Waals surface area (Å²) in [4.78, 5) is 12.7. The largest absolute Gasteiger partial charge is 0.370 e. The zero-order valence-electron chi connectivity index (χ0n) is 19.6. The van der Waals surface area contributed by atoms with Gasteiger partial charge in [-0.1, -0.05) is 59.8 Å². The molecule has 3 aliphatic rings. The first kappa shape index (κ1) is 23.3. The molecule has 3 rings (SSSR count). The summed E-state index contributed by atoms with van der Waals surface area (Å²) in [5.74, 6) is 3.73. The Morgan fingerprint density at radius 3 is 2.48 bits per heavy atom. The van der Waals surface area contributed by atoms with Crippen LogP contribution in [0.15, 0.2) is 0 Å². The lowest BCUT2D eigenvalue weighted by atomic mass is 9.75. The Labute approximate surface area is 179 Å². The molecule has 3 nitrogen and oxygen atoms in total. The van der Waals surface area contributed by atoms with Gasteiger partial charge in [-0.25, -0.2) is 0 Å². The van der Waals surface area contributed by atoms with Gasteiger partial charge in [-0.2, -0.15) is 0 Å². The van der Waals surface area contributed by atoms with E-state index in [4.69, 9.17) is 9.47 Å². The lowest BCUT2D eigenvalue weighted by molar-refractivity contribution is -0.143. The third-order valence-electron chi connectivity index (χ3n) is 8.41. The molecule has 0 aliphatic heterocycles. The van der Waals surface area contributed by atoms with E-state index in [2.05, 4.69) is 27.7 Å². The Hall–Kier alpha value is -0.410. The Kier molecular flexibility index (Phi) is 8.62. The van der Waals surface area contributed by atoms with Crippen LogP contribution >= 0.6 is 0 Å². The van der Waals surface area contributed by atoms with E-state index in [1.54, 1.807) is 0 Å². The van der Waals surface area contributed by atoms with Gasteiger partial charge >= 0.3 is 0 Å². The smallest absolute Gasteiger partial charge is 0.184 e. The van der Waals surface area contributed by atoms with Gasteiger partial charge in [0.1, 0.15) is 13.2 Å². The van der Waals surface area contributed by atoms with Gasteiger partial charge in [0.25, 0.3) is 0 Å². The van der Waals surface area contributed by atoms with E-state index in [0.717, 1.165) is 37.5 Å². The van der Waals surface area contributed by atoms with E-state index in [-0.39, 0.29) is 30.7 Å². The van der Waals surface area contributed by atoms with Crippen LogP contribution < -0.4 is 0 Å². The third-order valence-corrected chi connectivity index (χ3v) is 8.41. The molecule has 0 amide bonds. The van der Waals surface area contributed by atoms with E-state index >= 15 is 0 Å². The standard InChI is InChI=1S/C26H46O3/c1-5-26(13-12-21-8-6-7-9-22(15-21)16-26)29-18-23(27)17-28-25-14-20(4)10-11-24(25)19(2)3/h19-22,24-25H,5-18H2,1-4H3/t20?,21-,22-,24?,25?,26+/m0/s1. The number of ketones is 1. The van der Waals surface area contributed by atoms with Crippen molar-refractivity contribution in [3.63, 3.8) is 0 Å². The van der Waals surface area contributed by atoms with Crippen molar-refractivity contribution < 1.29 is 14.3 Å². The molecular formula is C26H46O3. The average Bonchev–Trinajstić information content (AvgIpc) is 3.03. The first-order valence-electron chi connectivity index (χ1n) is 12.7. The van der Waals surface area contributed by atoms with E-state index in [1.807, 2.05) is 0 Å². The van der Waals surface area contributed by atoms with Crippen LogP contribution in [0.2, 0.25) is 0 Å². The Morgan fingerprint density at radius 1 is 1.00 bits per heavy atom. The van der Waals surface area contributed by atoms with E-state index < -0.39 is 0 Å². The topological polar surface area (TPSA) is 35.5 Å². The highest BCUT2D eigenvalue weighted by molar-refractivity contribution is 5.80. The summed E-state index contributed by atoms with van der Waals surface area (Å²) < 4.78 is 12.6. The summed E-state index contributed by atoms with van der Waals surface area (Å²) in [5.41, 5.74) is -0.0771. The SMILES string of the molecule is CC[C@@]1(OCC(=O)COC2CC(C)CCC2C(C)C)CC[C@@H]2CCCC[C@@H](C2)C1. The van der Waals surface area contributed by atoms with Crippen LogP contribution in [0.3, 0.4) is 0 Å². The second kappa shape index (κ2) is 10.8. The van der Waals surface area contributed by atoms with Crippen molar-refractivity contribution in [3.8, 4) is 0 Å². The zero-order chi connectivity index (χ0) is 20.9.